The lowest BCUT2D eigenvalue weighted by molar-refractivity contribution is -0.118. The summed E-state index contributed by atoms with van der Waals surface area (Å²) in [5.74, 6) is -1.11. The van der Waals surface area contributed by atoms with Gasteiger partial charge in [-0.1, -0.05) is 6.07 Å². The van der Waals surface area contributed by atoms with Gasteiger partial charge in [-0.15, -0.1) is 16.4 Å². The second kappa shape index (κ2) is 3.70. The summed E-state index contributed by atoms with van der Waals surface area (Å²) in [5, 5.41) is 5.68. The molecule has 0 saturated heterocycles. The second-order valence-electron chi connectivity index (χ2n) is 2.77. The summed E-state index contributed by atoms with van der Waals surface area (Å²) in [4.78, 5) is 22.5. The number of thiophene rings is 1. The number of aromatic nitrogens is 2. The molecule has 2 rings (SSSR count). The monoisotopic (exact) mass is 225 g/mol. The fraction of sp³-hybridized carbons (Fsp3) is 0.125. The Morgan fingerprint density at radius 2 is 2.47 bits per heavy atom. The molecule has 0 bridgehead atoms. The topological polar surface area (TPSA) is 91.1 Å². The molecule has 0 aliphatic rings. The molecule has 6 nitrogen and oxygen atoms in total. The zero-order chi connectivity index (χ0) is 10.8. The number of hydrogen-bond acceptors (Lipinski definition) is 5. The second-order valence-corrected chi connectivity index (χ2v) is 3.72. The summed E-state index contributed by atoms with van der Waals surface area (Å²) < 4.78 is 5.76. The highest BCUT2D eigenvalue weighted by atomic mass is 32.1. The van der Waals surface area contributed by atoms with Crippen LogP contribution >= 0.6 is 11.3 Å². The molecule has 0 aliphatic heterocycles. The predicted octanol–water partition coefficient (Wildman–Crippen LogP) is 0.0501. The molecular formula is C8H7N3O3S. The summed E-state index contributed by atoms with van der Waals surface area (Å²) >= 11 is 1.39. The Kier molecular flexibility index (Phi) is 2.38. The fourth-order valence-corrected chi connectivity index (χ4v) is 1.70. The lowest BCUT2D eigenvalue weighted by Crippen LogP contribution is -2.26. The van der Waals surface area contributed by atoms with Gasteiger partial charge in [0.15, 0.2) is 0 Å². The van der Waals surface area contributed by atoms with Crippen LogP contribution in [0.1, 0.15) is 0 Å². The molecular weight excluding hydrogens is 218 g/mol. The maximum atomic E-state index is 11.2. The van der Waals surface area contributed by atoms with Crippen LogP contribution in [0.3, 0.4) is 0 Å². The van der Waals surface area contributed by atoms with E-state index in [9.17, 15) is 9.59 Å². The number of hydrogen-bond donors (Lipinski definition) is 1. The van der Waals surface area contributed by atoms with Crippen LogP contribution in [0.15, 0.2) is 26.7 Å². The van der Waals surface area contributed by atoms with Gasteiger partial charge >= 0.3 is 5.76 Å². The van der Waals surface area contributed by atoms with Crippen molar-refractivity contribution in [3.05, 3.63) is 28.1 Å². The predicted molar refractivity (Wildman–Crippen MR) is 53.3 cm³/mol. The first-order valence-electron chi connectivity index (χ1n) is 4.07. The van der Waals surface area contributed by atoms with Crippen LogP contribution in [0.5, 0.6) is 0 Å². The highest BCUT2D eigenvalue weighted by molar-refractivity contribution is 7.13. The highest BCUT2D eigenvalue weighted by Gasteiger charge is 2.11. The van der Waals surface area contributed by atoms with Gasteiger partial charge in [0.1, 0.15) is 6.54 Å². The molecule has 2 aromatic heterocycles. The first kappa shape index (κ1) is 9.66. The van der Waals surface area contributed by atoms with Crippen molar-refractivity contribution in [3.8, 4) is 10.8 Å². The number of rotatable bonds is 3. The van der Waals surface area contributed by atoms with Crippen molar-refractivity contribution >= 4 is 17.2 Å². The van der Waals surface area contributed by atoms with Crippen molar-refractivity contribution in [1.29, 1.82) is 0 Å². The molecule has 2 aromatic rings. The highest BCUT2D eigenvalue weighted by Crippen LogP contribution is 2.20. The molecule has 0 radical (unpaired) electrons. The van der Waals surface area contributed by atoms with Gasteiger partial charge in [-0.05, 0) is 11.4 Å². The third-order valence-electron chi connectivity index (χ3n) is 1.64. The summed E-state index contributed by atoms with van der Waals surface area (Å²) in [7, 11) is 0. The first-order valence-corrected chi connectivity index (χ1v) is 4.95. The number of primary amides is 1. The van der Waals surface area contributed by atoms with E-state index in [4.69, 9.17) is 10.2 Å². The average Bonchev–Trinajstić information content (AvgIpc) is 2.75. The van der Waals surface area contributed by atoms with Crippen LogP contribution in [0, 0.1) is 0 Å². The summed E-state index contributed by atoms with van der Waals surface area (Å²) in [6.45, 7) is -0.270. The van der Waals surface area contributed by atoms with Crippen LogP contribution < -0.4 is 11.5 Å². The molecule has 1 amide bonds. The van der Waals surface area contributed by atoms with Crippen LogP contribution in [-0.4, -0.2) is 15.7 Å². The smallest absolute Gasteiger partial charge is 0.387 e. The summed E-state index contributed by atoms with van der Waals surface area (Å²) in [5.41, 5.74) is 4.94. The Morgan fingerprint density at radius 1 is 1.67 bits per heavy atom. The molecule has 78 valence electrons. The van der Waals surface area contributed by atoms with Crippen LogP contribution in [0.2, 0.25) is 0 Å². The molecule has 15 heavy (non-hydrogen) atoms. The summed E-state index contributed by atoms with van der Waals surface area (Å²) in [6, 6.07) is 3.58. The Balaban J connectivity index is 2.37. The molecule has 0 unspecified atom stereocenters. The van der Waals surface area contributed by atoms with Gasteiger partial charge in [-0.3, -0.25) is 4.79 Å². The van der Waals surface area contributed by atoms with E-state index in [2.05, 4.69) is 5.10 Å². The van der Waals surface area contributed by atoms with Crippen LogP contribution in [0.4, 0.5) is 0 Å². The number of nitrogens with two attached hydrogens (primary N) is 1. The van der Waals surface area contributed by atoms with E-state index < -0.39 is 11.7 Å². The minimum Gasteiger partial charge on any atom is -0.387 e. The molecule has 0 aliphatic carbocycles. The molecule has 7 heteroatoms. The van der Waals surface area contributed by atoms with Gasteiger partial charge in [-0.25, -0.2) is 4.79 Å². The number of amides is 1. The number of carbonyl (C=O) groups excluding carboxylic acids is 1. The van der Waals surface area contributed by atoms with E-state index in [0.29, 0.717) is 0 Å². The molecule has 0 fully saturated rings. The Morgan fingerprint density at radius 3 is 3.07 bits per heavy atom. The third kappa shape index (κ3) is 1.96. The normalized spacial score (nSPS) is 10.4. The zero-order valence-electron chi connectivity index (χ0n) is 7.54. The van der Waals surface area contributed by atoms with E-state index in [1.165, 1.54) is 11.3 Å². The SMILES string of the molecule is NC(=O)Cn1nc(-c2cccs2)oc1=O. The lowest BCUT2D eigenvalue weighted by Gasteiger charge is -1.90. The van der Waals surface area contributed by atoms with Gasteiger partial charge < -0.3 is 10.2 Å². The van der Waals surface area contributed by atoms with Crippen molar-refractivity contribution in [2.75, 3.05) is 0 Å². The number of carbonyl (C=O) groups is 1. The fourth-order valence-electron chi connectivity index (χ4n) is 1.05. The lowest BCUT2D eigenvalue weighted by atomic mass is 10.5. The first-order chi connectivity index (χ1) is 7.16. The van der Waals surface area contributed by atoms with Gasteiger partial charge in [0.2, 0.25) is 5.91 Å². The van der Waals surface area contributed by atoms with Crippen molar-refractivity contribution < 1.29 is 9.21 Å². The molecule has 2 N–H and O–H groups in total. The molecule has 0 saturated carbocycles. The zero-order valence-corrected chi connectivity index (χ0v) is 8.36. The van der Waals surface area contributed by atoms with E-state index in [0.717, 1.165) is 9.56 Å². The Hall–Kier alpha value is -1.89. The molecule has 2 heterocycles. The van der Waals surface area contributed by atoms with Gasteiger partial charge in [0.05, 0.1) is 4.88 Å². The Labute approximate surface area is 87.9 Å². The summed E-state index contributed by atoms with van der Waals surface area (Å²) in [6.07, 6.45) is 0. The van der Waals surface area contributed by atoms with Gasteiger partial charge in [0.25, 0.3) is 5.89 Å². The third-order valence-corrected chi connectivity index (χ3v) is 2.50. The molecule has 0 aromatic carbocycles. The Bertz CT molecular complexity index is 526. The molecule has 0 spiro atoms. The maximum Gasteiger partial charge on any atom is 0.437 e. The largest absolute Gasteiger partial charge is 0.437 e. The van der Waals surface area contributed by atoms with Crippen LogP contribution in [0.25, 0.3) is 10.8 Å². The van der Waals surface area contributed by atoms with E-state index in [1.807, 2.05) is 11.4 Å². The van der Waals surface area contributed by atoms with E-state index >= 15 is 0 Å². The van der Waals surface area contributed by atoms with E-state index in [-0.39, 0.29) is 12.4 Å². The minimum atomic E-state index is -0.683. The quantitative estimate of drug-likeness (QED) is 0.798. The van der Waals surface area contributed by atoms with Crippen molar-refractivity contribution in [1.82, 2.24) is 9.78 Å². The maximum absolute atomic E-state index is 11.2. The minimum absolute atomic E-state index is 0.205. The van der Waals surface area contributed by atoms with Crippen molar-refractivity contribution in [3.63, 3.8) is 0 Å². The number of nitrogens with zero attached hydrogens (tertiary/aromatic N) is 2. The molecule has 0 atom stereocenters. The van der Waals surface area contributed by atoms with Crippen molar-refractivity contribution in [2.45, 2.75) is 6.54 Å². The van der Waals surface area contributed by atoms with Gasteiger partial charge in [0, 0.05) is 0 Å². The standard InChI is InChI=1S/C8H7N3O3S/c9-6(12)4-11-8(13)14-7(10-11)5-2-1-3-15-5/h1-3H,4H2,(H2,9,12). The van der Waals surface area contributed by atoms with Crippen LogP contribution in [-0.2, 0) is 11.3 Å². The van der Waals surface area contributed by atoms with E-state index in [1.54, 1.807) is 6.07 Å². The van der Waals surface area contributed by atoms with Crippen molar-refractivity contribution in [2.24, 2.45) is 5.73 Å². The average molecular weight is 225 g/mol. The van der Waals surface area contributed by atoms with Gasteiger partial charge in [-0.2, -0.15) is 4.68 Å².